The highest BCUT2D eigenvalue weighted by atomic mass is 35.5. The molecular weight excluding hydrogens is 216 g/mol. The van der Waals surface area contributed by atoms with Gasteiger partial charge in [-0.2, -0.15) is 0 Å². The lowest BCUT2D eigenvalue weighted by Crippen LogP contribution is -2.07. The monoisotopic (exact) mass is 228 g/mol. The average Bonchev–Trinajstić information content (AvgIpc) is 2.47. The molecular formula is C11H13ClOS. The minimum atomic E-state index is -0.231. The third-order valence-electron chi connectivity index (χ3n) is 2.48. The van der Waals surface area contributed by atoms with E-state index in [1.165, 1.54) is 10.5 Å². The molecule has 0 aliphatic carbocycles. The Hall–Kier alpha value is -0.180. The van der Waals surface area contributed by atoms with Gasteiger partial charge in [0.1, 0.15) is 0 Å². The van der Waals surface area contributed by atoms with Crippen LogP contribution < -0.4 is 0 Å². The van der Waals surface area contributed by atoms with Gasteiger partial charge in [-0.05, 0) is 43.0 Å². The molecule has 1 aliphatic heterocycles. The van der Waals surface area contributed by atoms with Crippen molar-refractivity contribution in [3.63, 3.8) is 0 Å². The van der Waals surface area contributed by atoms with Gasteiger partial charge in [0, 0.05) is 15.7 Å². The standard InChI is InChI=1S/C11H13ClOS/c1-7(13)4-8-6-14-11-3-2-9(12)5-10(8)11/h2-3,5,7-8,13H,4,6H2,1H3. The number of hydrogen-bond acceptors (Lipinski definition) is 2. The van der Waals surface area contributed by atoms with E-state index in [0.717, 1.165) is 17.2 Å². The van der Waals surface area contributed by atoms with Crippen LogP contribution in [0.15, 0.2) is 23.1 Å². The van der Waals surface area contributed by atoms with Crippen LogP contribution in [0.2, 0.25) is 5.02 Å². The predicted octanol–water partition coefficient (Wildman–Crippen LogP) is 3.30. The Morgan fingerprint density at radius 2 is 2.43 bits per heavy atom. The molecule has 2 atom stereocenters. The summed E-state index contributed by atoms with van der Waals surface area (Å²) in [4.78, 5) is 1.32. The van der Waals surface area contributed by atoms with E-state index in [-0.39, 0.29) is 6.10 Å². The van der Waals surface area contributed by atoms with Crippen molar-refractivity contribution in [3.05, 3.63) is 28.8 Å². The Kier molecular flexibility index (Phi) is 3.05. The fourth-order valence-electron chi connectivity index (χ4n) is 1.86. The highest BCUT2D eigenvalue weighted by molar-refractivity contribution is 7.99. The summed E-state index contributed by atoms with van der Waals surface area (Å²) in [6, 6.07) is 6.03. The van der Waals surface area contributed by atoms with Crippen LogP contribution in [0.25, 0.3) is 0 Å². The number of rotatable bonds is 2. The number of halogens is 1. The summed E-state index contributed by atoms with van der Waals surface area (Å²) in [6.07, 6.45) is 0.603. The van der Waals surface area contributed by atoms with Crippen molar-refractivity contribution in [1.29, 1.82) is 0 Å². The van der Waals surface area contributed by atoms with Crippen molar-refractivity contribution in [2.24, 2.45) is 0 Å². The fraction of sp³-hybridized carbons (Fsp3) is 0.455. The summed E-state index contributed by atoms with van der Waals surface area (Å²) in [5.74, 6) is 1.54. The fourth-order valence-corrected chi connectivity index (χ4v) is 3.29. The van der Waals surface area contributed by atoms with Gasteiger partial charge in [0.15, 0.2) is 0 Å². The van der Waals surface area contributed by atoms with Crippen LogP contribution in [0.1, 0.15) is 24.8 Å². The van der Waals surface area contributed by atoms with E-state index in [1.54, 1.807) is 0 Å². The maximum Gasteiger partial charge on any atom is 0.0518 e. The van der Waals surface area contributed by atoms with Gasteiger partial charge in [-0.25, -0.2) is 0 Å². The van der Waals surface area contributed by atoms with Crippen molar-refractivity contribution in [1.82, 2.24) is 0 Å². The third-order valence-corrected chi connectivity index (χ3v) is 3.96. The summed E-state index contributed by atoms with van der Waals surface area (Å²) < 4.78 is 0. The first-order valence-corrected chi connectivity index (χ1v) is 6.13. The molecule has 0 saturated carbocycles. The Morgan fingerprint density at radius 3 is 3.14 bits per heavy atom. The van der Waals surface area contributed by atoms with Crippen molar-refractivity contribution >= 4 is 23.4 Å². The topological polar surface area (TPSA) is 20.2 Å². The molecule has 0 bridgehead atoms. The number of thioether (sulfide) groups is 1. The van der Waals surface area contributed by atoms with Gasteiger partial charge >= 0.3 is 0 Å². The number of fused-ring (bicyclic) bond motifs is 1. The highest BCUT2D eigenvalue weighted by Gasteiger charge is 2.24. The van der Waals surface area contributed by atoms with E-state index in [2.05, 4.69) is 6.07 Å². The smallest absolute Gasteiger partial charge is 0.0518 e. The maximum absolute atomic E-state index is 9.37. The van der Waals surface area contributed by atoms with Crippen molar-refractivity contribution in [2.45, 2.75) is 30.3 Å². The molecule has 1 N–H and O–H groups in total. The number of aliphatic hydroxyl groups excluding tert-OH is 1. The van der Waals surface area contributed by atoms with Gasteiger partial charge < -0.3 is 5.11 Å². The molecule has 2 unspecified atom stereocenters. The summed E-state index contributed by atoms with van der Waals surface area (Å²) in [7, 11) is 0. The van der Waals surface area contributed by atoms with Gasteiger partial charge in [0.2, 0.25) is 0 Å². The van der Waals surface area contributed by atoms with Crippen LogP contribution in [-0.2, 0) is 0 Å². The number of benzene rings is 1. The van der Waals surface area contributed by atoms with Crippen LogP contribution in [-0.4, -0.2) is 17.0 Å². The molecule has 1 aromatic rings. The van der Waals surface area contributed by atoms with Crippen molar-refractivity contribution in [3.8, 4) is 0 Å². The second-order valence-corrected chi connectivity index (χ2v) is 5.27. The summed E-state index contributed by atoms with van der Waals surface area (Å²) in [6.45, 7) is 1.84. The highest BCUT2D eigenvalue weighted by Crippen LogP contribution is 2.42. The Morgan fingerprint density at radius 1 is 1.64 bits per heavy atom. The quantitative estimate of drug-likeness (QED) is 0.838. The summed E-state index contributed by atoms with van der Waals surface area (Å²) in [5.41, 5.74) is 1.31. The van der Waals surface area contributed by atoms with Crippen LogP contribution >= 0.6 is 23.4 Å². The first kappa shape index (κ1) is 10.3. The zero-order valence-electron chi connectivity index (χ0n) is 8.03. The maximum atomic E-state index is 9.37. The molecule has 0 radical (unpaired) electrons. The van der Waals surface area contributed by atoms with E-state index in [9.17, 15) is 5.11 Å². The third kappa shape index (κ3) is 2.08. The van der Waals surface area contributed by atoms with E-state index in [4.69, 9.17) is 11.6 Å². The molecule has 0 spiro atoms. The SMILES string of the molecule is CC(O)CC1CSc2ccc(Cl)cc21. The Labute approximate surface area is 93.5 Å². The summed E-state index contributed by atoms with van der Waals surface area (Å²) in [5, 5.41) is 10.2. The molecule has 76 valence electrons. The molecule has 0 amide bonds. The molecule has 1 aliphatic rings. The van der Waals surface area contributed by atoms with E-state index >= 15 is 0 Å². The molecule has 3 heteroatoms. The second kappa shape index (κ2) is 4.13. The lowest BCUT2D eigenvalue weighted by atomic mass is 9.96. The normalized spacial score (nSPS) is 22.1. The van der Waals surface area contributed by atoms with E-state index < -0.39 is 0 Å². The van der Waals surface area contributed by atoms with Gasteiger partial charge in [0.25, 0.3) is 0 Å². The minimum Gasteiger partial charge on any atom is -0.393 e. The van der Waals surface area contributed by atoms with Gasteiger partial charge in [-0.1, -0.05) is 11.6 Å². The van der Waals surface area contributed by atoms with Crippen LogP contribution in [0.3, 0.4) is 0 Å². The largest absolute Gasteiger partial charge is 0.393 e. The number of aliphatic hydroxyl groups is 1. The second-order valence-electron chi connectivity index (χ2n) is 3.77. The summed E-state index contributed by atoms with van der Waals surface area (Å²) >= 11 is 7.81. The molecule has 0 saturated heterocycles. The molecule has 1 heterocycles. The number of hydrogen-bond donors (Lipinski definition) is 1. The van der Waals surface area contributed by atoms with Crippen molar-refractivity contribution in [2.75, 3.05) is 5.75 Å². The molecule has 0 fully saturated rings. The Bertz CT molecular complexity index is 338. The lowest BCUT2D eigenvalue weighted by Gasteiger charge is -2.12. The zero-order chi connectivity index (χ0) is 10.1. The van der Waals surface area contributed by atoms with Crippen molar-refractivity contribution < 1.29 is 5.11 Å². The predicted molar refractivity (Wildman–Crippen MR) is 61.2 cm³/mol. The lowest BCUT2D eigenvalue weighted by molar-refractivity contribution is 0.177. The van der Waals surface area contributed by atoms with E-state index in [0.29, 0.717) is 5.92 Å². The molecule has 1 aromatic carbocycles. The van der Waals surface area contributed by atoms with Gasteiger partial charge in [-0.15, -0.1) is 11.8 Å². The van der Waals surface area contributed by atoms with Crippen LogP contribution in [0.4, 0.5) is 0 Å². The first-order valence-electron chi connectivity index (χ1n) is 4.77. The zero-order valence-corrected chi connectivity index (χ0v) is 9.61. The molecule has 1 nitrogen and oxygen atoms in total. The Balaban J connectivity index is 2.24. The molecule has 2 rings (SSSR count). The molecule has 0 aromatic heterocycles. The average molecular weight is 229 g/mol. The van der Waals surface area contributed by atoms with Gasteiger partial charge in [-0.3, -0.25) is 0 Å². The minimum absolute atomic E-state index is 0.231. The van der Waals surface area contributed by atoms with E-state index in [1.807, 2.05) is 30.8 Å². The first-order chi connectivity index (χ1) is 6.66. The van der Waals surface area contributed by atoms with Gasteiger partial charge in [0.05, 0.1) is 6.10 Å². The van der Waals surface area contributed by atoms with Crippen LogP contribution in [0.5, 0.6) is 0 Å². The molecule has 14 heavy (non-hydrogen) atoms. The van der Waals surface area contributed by atoms with Crippen LogP contribution in [0, 0.1) is 0 Å².